The van der Waals surface area contributed by atoms with Crippen LogP contribution in [0.25, 0.3) is 0 Å². The molecule has 0 aromatic heterocycles. The number of rotatable bonds is 8. The van der Waals surface area contributed by atoms with Gasteiger partial charge < -0.3 is 25.6 Å². The number of likely N-dealkylation sites (tertiary alicyclic amines) is 1. The summed E-state index contributed by atoms with van der Waals surface area (Å²) in [6.45, 7) is 15.3. The van der Waals surface area contributed by atoms with Gasteiger partial charge in [-0.1, -0.05) is 0 Å². The molecule has 6 nitrogen and oxygen atoms in total. The quantitative estimate of drug-likeness (QED) is 0.225. The van der Waals surface area contributed by atoms with Gasteiger partial charge in [0.2, 0.25) is 0 Å². The van der Waals surface area contributed by atoms with E-state index in [1.165, 1.54) is 0 Å². The summed E-state index contributed by atoms with van der Waals surface area (Å²) in [6, 6.07) is 0.516. The first-order chi connectivity index (χ1) is 10.9. The second-order valence-electron chi connectivity index (χ2n) is 7.19. The molecule has 0 amide bonds. The number of halogens is 1. The van der Waals surface area contributed by atoms with Gasteiger partial charge in [-0.2, -0.15) is 0 Å². The predicted octanol–water partition coefficient (Wildman–Crippen LogP) is 1.66. The molecular weight excluding hydrogens is 417 g/mol. The fraction of sp³-hybridized carbons (Fsp3) is 0.941. The summed E-state index contributed by atoms with van der Waals surface area (Å²) in [5.74, 6) is 0.943. The minimum absolute atomic E-state index is 0. The summed E-state index contributed by atoms with van der Waals surface area (Å²) in [5.41, 5.74) is 0.149. The van der Waals surface area contributed by atoms with Gasteiger partial charge in [0.1, 0.15) is 0 Å². The largest absolute Gasteiger partial charge is 0.383 e. The topological polar surface area (TPSA) is 60.9 Å². The highest BCUT2D eigenvalue weighted by molar-refractivity contribution is 14.0. The Balaban J connectivity index is 0.00000529. The number of hydrogen-bond acceptors (Lipinski definition) is 4. The average Bonchev–Trinajstić information content (AvgIpc) is 2.50. The first-order valence-electron chi connectivity index (χ1n) is 8.95. The lowest BCUT2D eigenvalue weighted by atomic mass is 10.1. The van der Waals surface area contributed by atoms with Crippen molar-refractivity contribution in [1.29, 1.82) is 0 Å². The SMILES string of the molecule is CCNC(=NCCNC(C)(C)C)NC1CCN(CCOC)CC1.I. The second kappa shape index (κ2) is 13.1. The molecule has 1 aliphatic rings. The van der Waals surface area contributed by atoms with E-state index in [1.807, 2.05) is 0 Å². The zero-order valence-corrected chi connectivity index (χ0v) is 18.5. The smallest absolute Gasteiger partial charge is 0.191 e. The third-order valence-corrected chi connectivity index (χ3v) is 3.92. The molecule has 1 fully saturated rings. The van der Waals surface area contributed by atoms with Crippen molar-refractivity contribution in [2.24, 2.45) is 4.99 Å². The lowest BCUT2D eigenvalue weighted by Gasteiger charge is -2.32. The summed E-state index contributed by atoms with van der Waals surface area (Å²) < 4.78 is 5.15. The molecule has 0 spiro atoms. The van der Waals surface area contributed by atoms with Gasteiger partial charge in [0, 0.05) is 51.4 Å². The molecule has 0 aromatic rings. The Bertz CT molecular complexity index is 338. The van der Waals surface area contributed by atoms with Crippen molar-refractivity contribution < 1.29 is 4.74 Å². The fourth-order valence-electron chi connectivity index (χ4n) is 2.63. The summed E-state index contributed by atoms with van der Waals surface area (Å²) in [7, 11) is 1.77. The van der Waals surface area contributed by atoms with Crippen molar-refractivity contribution in [1.82, 2.24) is 20.9 Å². The van der Waals surface area contributed by atoms with E-state index in [0.29, 0.717) is 6.04 Å². The van der Waals surface area contributed by atoms with E-state index in [-0.39, 0.29) is 29.5 Å². The van der Waals surface area contributed by atoms with Crippen molar-refractivity contribution in [3.05, 3.63) is 0 Å². The maximum atomic E-state index is 5.15. The van der Waals surface area contributed by atoms with Crippen molar-refractivity contribution in [2.45, 2.75) is 52.1 Å². The van der Waals surface area contributed by atoms with Crippen LogP contribution in [0.2, 0.25) is 0 Å². The third-order valence-electron chi connectivity index (χ3n) is 3.92. The van der Waals surface area contributed by atoms with Gasteiger partial charge in [0.25, 0.3) is 0 Å². The van der Waals surface area contributed by atoms with Gasteiger partial charge in [-0.25, -0.2) is 0 Å². The fourth-order valence-corrected chi connectivity index (χ4v) is 2.63. The normalized spacial score (nSPS) is 17.5. The summed E-state index contributed by atoms with van der Waals surface area (Å²) in [5, 5.41) is 10.4. The Morgan fingerprint density at radius 1 is 1.25 bits per heavy atom. The van der Waals surface area contributed by atoms with E-state index in [9.17, 15) is 0 Å². The number of hydrogen-bond donors (Lipinski definition) is 3. The molecule has 144 valence electrons. The molecule has 0 aromatic carbocycles. The molecule has 7 heteroatoms. The molecule has 0 atom stereocenters. The molecule has 1 heterocycles. The Morgan fingerprint density at radius 2 is 1.92 bits per heavy atom. The van der Waals surface area contributed by atoms with Gasteiger partial charge in [-0.05, 0) is 40.5 Å². The van der Waals surface area contributed by atoms with Crippen molar-refractivity contribution in [3.8, 4) is 0 Å². The highest BCUT2D eigenvalue weighted by atomic mass is 127. The molecule has 3 N–H and O–H groups in total. The molecule has 0 radical (unpaired) electrons. The van der Waals surface area contributed by atoms with Crippen molar-refractivity contribution in [2.75, 3.05) is 53.0 Å². The standard InChI is InChI=1S/C17H37N5O.HI/c1-6-18-16(19-9-10-20-17(2,3)4)21-15-7-11-22(12-8-15)13-14-23-5;/h15,20H,6-14H2,1-5H3,(H2,18,19,21);1H. The van der Waals surface area contributed by atoms with Crippen LogP contribution in [0.4, 0.5) is 0 Å². The van der Waals surface area contributed by atoms with E-state index in [0.717, 1.165) is 64.7 Å². The molecular formula is C17H38IN5O. The van der Waals surface area contributed by atoms with Crippen LogP contribution >= 0.6 is 24.0 Å². The van der Waals surface area contributed by atoms with Gasteiger partial charge in [0.05, 0.1) is 13.2 Å². The van der Waals surface area contributed by atoms with Gasteiger partial charge in [-0.15, -0.1) is 24.0 Å². The van der Waals surface area contributed by atoms with Crippen LogP contribution in [-0.4, -0.2) is 75.4 Å². The van der Waals surface area contributed by atoms with E-state index in [4.69, 9.17) is 4.74 Å². The average molecular weight is 455 g/mol. The van der Waals surface area contributed by atoms with E-state index >= 15 is 0 Å². The molecule has 0 aliphatic carbocycles. The summed E-state index contributed by atoms with van der Waals surface area (Å²) in [4.78, 5) is 7.15. The molecule has 0 unspecified atom stereocenters. The molecule has 1 saturated heterocycles. The minimum Gasteiger partial charge on any atom is -0.383 e. The molecule has 0 bridgehead atoms. The van der Waals surface area contributed by atoms with E-state index in [2.05, 4.69) is 53.5 Å². The number of nitrogens with zero attached hydrogens (tertiary/aromatic N) is 2. The number of piperidine rings is 1. The maximum Gasteiger partial charge on any atom is 0.191 e. The van der Waals surface area contributed by atoms with Crippen LogP contribution in [0.1, 0.15) is 40.5 Å². The van der Waals surface area contributed by atoms with Crippen molar-refractivity contribution >= 4 is 29.9 Å². The number of nitrogens with one attached hydrogen (secondary N) is 3. The van der Waals surface area contributed by atoms with Gasteiger partial charge in [0.15, 0.2) is 5.96 Å². The van der Waals surface area contributed by atoms with E-state index in [1.54, 1.807) is 7.11 Å². The zero-order valence-electron chi connectivity index (χ0n) is 16.2. The monoisotopic (exact) mass is 455 g/mol. The zero-order chi connectivity index (χ0) is 17.1. The Morgan fingerprint density at radius 3 is 2.46 bits per heavy atom. The molecule has 24 heavy (non-hydrogen) atoms. The Kier molecular flexibility index (Phi) is 13.1. The number of methoxy groups -OCH3 is 1. The summed E-state index contributed by atoms with van der Waals surface area (Å²) in [6.07, 6.45) is 2.32. The van der Waals surface area contributed by atoms with Crippen LogP contribution in [-0.2, 0) is 4.74 Å². The van der Waals surface area contributed by atoms with E-state index < -0.39 is 0 Å². The minimum atomic E-state index is 0. The first-order valence-corrected chi connectivity index (χ1v) is 8.95. The van der Waals surface area contributed by atoms with Crippen LogP contribution in [0.3, 0.4) is 0 Å². The number of aliphatic imine (C=N–C) groups is 1. The third kappa shape index (κ3) is 11.4. The molecule has 1 rings (SSSR count). The predicted molar refractivity (Wildman–Crippen MR) is 114 cm³/mol. The number of ether oxygens (including phenoxy) is 1. The summed E-state index contributed by atoms with van der Waals surface area (Å²) >= 11 is 0. The van der Waals surface area contributed by atoms with Crippen LogP contribution in [0.5, 0.6) is 0 Å². The first kappa shape index (κ1) is 23.9. The lowest BCUT2D eigenvalue weighted by Crippen LogP contribution is -2.49. The lowest BCUT2D eigenvalue weighted by molar-refractivity contribution is 0.128. The van der Waals surface area contributed by atoms with Crippen LogP contribution in [0.15, 0.2) is 4.99 Å². The highest BCUT2D eigenvalue weighted by Gasteiger charge is 2.19. The van der Waals surface area contributed by atoms with Gasteiger partial charge in [-0.3, -0.25) is 4.99 Å². The second-order valence-corrected chi connectivity index (χ2v) is 7.19. The Hall–Kier alpha value is -0.120. The van der Waals surface area contributed by atoms with Gasteiger partial charge >= 0.3 is 0 Å². The Labute approximate surface area is 165 Å². The van der Waals surface area contributed by atoms with Crippen LogP contribution < -0.4 is 16.0 Å². The number of guanidine groups is 1. The maximum absolute atomic E-state index is 5.15. The molecule has 0 saturated carbocycles. The van der Waals surface area contributed by atoms with Crippen molar-refractivity contribution in [3.63, 3.8) is 0 Å². The van der Waals surface area contributed by atoms with Crippen LogP contribution in [0, 0.1) is 0 Å². The highest BCUT2D eigenvalue weighted by Crippen LogP contribution is 2.09. The molecule has 1 aliphatic heterocycles.